The first-order valence-electron chi connectivity index (χ1n) is 11.9. The van der Waals surface area contributed by atoms with Gasteiger partial charge < -0.3 is 26.3 Å². The third kappa shape index (κ3) is 5.54. The van der Waals surface area contributed by atoms with Crippen LogP contribution in [0.2, 0.25) is 0 Å². The number of rotatable bonds is 5. The van der Waals surface area contributed by atoms with Gasteiger partial charge in [-0.25, -0.2) is 4.79 Å². The van der Waals surface area contributed by atoms with E-state index in [1.54, 1.807) is 7.05 Å². The number of benzene rings is 1. The minimum Gasteiger partial charge on any atom is -0.488 e. The van der Waals surface area contributed by atoms with Crippen LogP contribution in [0.3, 0.4) is 0 Å². The molecular formula is C26H39N5O3. The number of amides is 1. The van der Waals surface area contributed by atoms with Crippen molar-refractivity contribution in [3.8, 4) is 5.75 Å². The lowest BCUT2D eigenvalue weighted by Crippen LogP contribution is -2.42. The highest BCUT2D eigenvalue weighted by atomic mass is 16.6. The van der Waals surface area contributed by atoms with Crippen molar-refractivity contribution in [1.82, 2.24) is 5.32 Å². The molecule has 0 unspecified atom stereocenters. The van der Waals surface area contributed by atoms with E-state index in [4.69, 9.17) is 20.9 Å². The van der Waals surface area contributed by atoms with Crippen LogP contribution in [0.1, 0.15) is 71.4 Å². The molecule has 0 heterocycles. The maximum absolute atomic E-state index is 12.1. The minimum absolute atomic E-state index is 0.0413. The van der Waals surface area contributed by atoms with Crippen molar-refractivity contribution in [3.63, 3.8) is 0 Å². The Morgan fingerprint density at radius 2 is 1.85 bits per heavy atom. The molecule has 0 spiro atoms. The smallest absolute Gasteiger partial charge is 0.407 e. The van der Waals surface area contributed by atoms with Gasteiger partial charge in [-0.05, 0) is 82.7 Å². The molecule has 8 nitrogen and oxygen atoms in total. The zero-order chi connectivity index (χ0) is 25.3. The summed E-state index contributed by atoms with van der Waals surface area (Å²) in [5, 5.41) is 2.97. The fourth-order valence-electron chi connectivity index (χ4n) is 4.87. The van der Waals surface area contributed by atoms with E-state index < -0.39 is 5.60 Å². The van der Waals surface area contributed by atoms with Crippen LogP contribution in [-0.4, -0.2) is 43.4 Å². The Kier molecular flexibility index (Phi) is 7.29. The largest absolute Gasteiger partial charge is 0.488 e. The van der Waals surface area contributed by atoms with Gasteiger partial charge in [-0.3, -0.25) is 9.98 Å². The number of aliphatic imine (C=N–C) groups is 2. The summed E-state index contributed by atoms with van der Waals surface area (Å²) in [5.74, 6) is 1.15. The molecule has 186 valence electrons. The predicted octanol–water partition coefficient (Wildman–Crippen LogP) is 4.46. The number of nitrogen functional groups attached to an aromatic ring is 1. The Morgan fingerprint density at radius 3 is 2.41 bits per heavy atom. The summed E-state index contributed by atoms with van der Waals surface area (Å²) < 4.78 is 11.7. The van der Waals surface area contributed by atoms with Gasteiger partial charge >= 0.3 is 6.09 Å². The summed E-state index contributed by atoms with van der Waals surface area (Å²) in [4.78, 5) is 20.6. The first kappa shape index (κ1) is 25.6. The van der Waals surface area contributed by atoms with Crippen LogP contribution >= 0.6 is 0 Å². The van der Waals surface area contributed by atoms with E-state index in [9.17, 15) is 4.79 Å². The van der Waals surface area contributed by atoms with E-state index in [1.807, 2.05) is 32.9 Å². The maximum Gasteiger partial charge on any atom is 0.407 e. The molecule has 34 heavy (non-hydrogen) atoms. The fraction of sp³-hybridized carbons (Fsp3) is 0.577. The number of carbonyl (C=O) groups excluding carboxylic acids is 1. The van der Waals surface area contributed by atoms with Gasteiger partial charge in [0.15, 0.2) is 0 Å². The molecule has 0 radical (unpaired) electrons. The predicted molar refractivity (Wildman–Crippen MR) is 138 cm³/mol. The zero-order valence-electron chi connectivity index (χ0n) is 21.3. The second-order valence-corrected chi connectivity index (χ2v) is 10.8. The van der Waals surface area contributed by atoms with Gasteiger partial charge in [0.1, 0.15) is 17.2 Å². The summed E-state index contributed by atoms with van der Waals surface area (Å²) in [5.41, 5.74) is 16.2. The summed E-state index contributed by atoms with van der Waals surface area (Å²) in [7, 11) is 1.68. The molecule has 0 saturated heterocycles. The molecule has 3 rings (SSSR count). The van der Waals surface area contributed by atoms with Crippen molar-refractivity contribution in [2.24, 2.45) is 21.1 Å². The van der Waals surface area contributed by atoms with E-state index in [0.717, 1.165) is 48.1 Å². The van der Waals surface area contributed by atoms with Crippen LogP contribution < -0.4 is 21.5 Å². The third-order valence-electron chi connectivity index (χ3n) is 6.45. The van der Waals surface area contributed by atoms with Crippen molar-refractivity contribution >= 4 is 30.0 Å². The number of nitrogens with two attached hydrogens (primary N) is 2. The fourth-order valence-corrected chi connectivity index (χ4v) is 4.87. The Hall–Kier alpha value is -3.03. The molecule has 0 aromatic heterocycles. The Morgan fingerprint density at radius 1 is 1.21 bits per heavy atom. The van der Waals surface area contributed by atoms with Crippen LogP contribution in [-0.2, 0) is 11.2 Å². The Bertz CT molecular complexity index is 1010. The van der Waals surface area contributed by atoms with E-state index in [1.165, 1.54) is 0 Å². The normalized spacial score (nSPS) is 22.6. The summed E-state index contributed by atoms with van der Waals surface area (Å²) in [6.07, 6.45) is 3.68. The molecule has 0 bridgehead atoms. The molecule has 8 heteroatoms. The lowest BCUT2D eigenvalue weighted by molar-refractivity contribution is 0.0471. The van der Waals surface area contributed by atoms with Crippen LogP contribution in [0, 0.1) is 5.41 Å². The topological polar surface area (TPSA) is 124 Å². The number of alkyl carbamates (subject to hydrolysis) is 1. The van der Waals surface area contributed by atoms with E-state index in [0.29, 0.717) is 23.7 Å². The van der Waals surface area contributed by atoms with Gasteiger partial charge in [0.25, 0.3) is 0 Å². The van der Waals surface area contributed by atoms with Crippen molar-refractivity contribution in [1.29, 1.82) is 0 Å². The second-order valence-electron chi connectivity index (χ2n) is 10.8. The van der Waals surface area contributed by atoms with Gasteiger partial charge in [0.05, 0.1) is 17.5 Å². The number of hydrogen-bond acceptors (Lipinski definition) is 6. The molecule has 2 aliphatic carbocycles. The average Bonchev–Trinajstić information content (AvgIpc) is 2.74. The molecule has 1 saturated carbocycles. The molecule has 2 aliphatic rings. The number of fused-ring (bicyclic) bond motifs is 1. The SMILES string of the molecule is C=NC1=C(C(N)=NC)C(C)(C)Cc2c1ccc(OC1CCC(NC(=O)OC(C)(C)C)CC1)c2N. The molecule has 0 atom stereocenters. The monoisotopic (exact) mass is 469 g/mol. The number of anilines is 1. The van der Waals surface area contributed by atoms with E-state index in [2.05, 4.69) is 35.9 Å². The second kappa shape index (κ2) is 9.68. The summed E-state index contributed by atoms with van der Waals surface area (Å²) >= 11 is 0. The molecule has 1 aromatic carbocycles. The maximum atomic E-state index is 12.1. The van der Waals surface area contributed by atoms with Crippen molar-refractivity contribution < 1.29 is 14.3 Å². The van der Waals surface area contributed by atoms with Gasteiger partial charge in [-0.1, -0.05) is 13.8 Å². The van der Waals surface area contributed by atoms with Gasteiger partial charge in [-0.2, -0.15) is 0 Å². The number of amidine groups is 1. The van der Waals surface area contributed by atoms with Crippen LogP contribution in [0.5, 0.6) is 5.75 Å². The first-order valence-corrected chi connectivity index (χ1v) is 11.9. The highest BCUT2D eigenvalue weighted by Gasteiger charge is 2.37. The lowest BCUT2D eigenvalue weighted by Gasteiger charge is -2.36. The standard InChI is InChI=1S/C26H39N5O3/c1-25(2,3)34-24(32)31-15-8-10-16(11-9-15)33-19-13-12-17-18(21(19)27)14-26(4,5)20(22(17)29-6)23(28)30-7/h12-13,15-16H,6,8-11,14,27H2,1-5,7H3,(H2,28,30)(H,31,32). The van der Waals surface area contributed by atoms with Crippen molar-refractivity contribution in [3.05, 3.63) is 28.8 Å². The number of ether oxygens (including phenoxy) is 2. The number of carbonyl (C=O) groups is 1. The van der Waals surface area contributed by atoms with Crippen molar-refractivity contribution in [2.45, 2.75) is 84.5 Å². The number of nitrogens with zero attached hydrogens (tertiary/aromatic N) is 2. The third-order valence-corrected chi connectivity index (χ3v) is 6.45. The average molecular weight is 470 g/mol. The Labute approximate surface area is 202 Å². The van der Waals surface area contributed by atoms with E-state index in [-0.39, 0.29) is 23.7 Å². The highest BCUT2D eigenvalue weighted by molar-refractivity contribution is 6.06. The van der Waals surface area contributed by atoms with Crippen LogP contribution in [0.15, 0.2) is 27.7 Å². The minimum atomic E-state index is -0.505. The number of nitrogens with one attached hydrogen (secondary N) is 1. The molecule has 1 fully saturated rings. The molecular weight excluding hydrogens is 430 g/mol. The van der Waals surface area contributed by atoms with Crippen LogP contribution in [0.25, 0.3) is 5.70 Å². The Balaban J connectivity index is 1.73. The van der Waals surface area contributed by atoms with E-state index >= 15 is 0 Å². The molecule has 5 N–H and O–H groups in total. The van der Waals surface area contributed by atoms with Gasteiger partial charge in [0.2, 0.25) is 0 Å². The summed E-state index contributed by atoms with van der Waals surface area (Å²) in [6.45, 7) is 13.6. The zero-order valence-corrected chi connectivity index (χ0v) is 21.3. The van der Waals surface area contributed by atoms with Crippen molar-refractivity contribution in [2.75, 3.05) is 12.8 Å². The van der Waals surface area contributed by atoms with Crippen LogP contribution in [0.4, 0.5) is 10.5 Å². The molecule has 1 aromatic rings. The highest BCUT2D eigenvalue weighted by Crippen LogP contribution is 2.47. The lowest BCUT2D eigenvalue weighted by atomic mass is 9.71. The summed E-state index contributed by atoms with van der Waals surface area (Å²) in [6, 6.07) is 3.98. The number of hydrogen-bond donors (Lipinski definition) is 3. The molecule has 0 aliphatic heterocycles. The quantitative estimate of drug-likeness (QED) is 0.333. The first-order chi connectivity index (χ1) is 15.9. The molecule has 1 amide bonds. The van der Waals surface area contributed by atoms with Gasteiger partial charge in [0, 0.05) is 24.2 Å². The van der Waals surface area contributed by atoms with Gasteiger partial charge in [-0.15, -0.1) is 0 Å².